The Hall–Kier alpha value is -1.49. The summed E-state index contributed by atoms with van der Waals surface area (Å²) in [6.45, 7) is 4.46. The fourth-order valence-corrected chi connectivity index (χ4v) is 3.02. The summed E-state index contributed by atoms with van der Waals surface area (Å²) < 4.78 is 26.4. The van der Waals surface area contributed by atoms with Gasteiger partial charge < -0.3 is 10.4 Å². The van der Waals surface area contributed by atoms with E-state index >= 15 is 0 Å². The molecule has 2 rings (SSSR count). The van der Waals surface area contributed by atoms with Crippen LogP contribution in [0.5, 0.6) is 0 Å². The van der Waals surface area contributed by atoms with Gasteiger partial charge in [0.15, 0.2) is 0 Å². The van der Waals surface area contributed by atoms with Crippen molar-refractivity contribution in [2.45, 2.75) is 45.1 Å². The van der Waals surface area contributed by atoms with E-state index in [9.17, 15) is 18.7 Å². The molecule has 3 nitrogen and oxygen atoms in total. The number of hydrogen-bond donors (Lipinski definition) is 2. The van der Waals surface area contributed by atoms with E-state index in [1.807, 2.05) is 13.8 Å². The molecule has 1 atom stereocenters. The molecule has 1 aliphatic carbocycles. The molecular weight excluding hydrogens is 288 g/mol. The van der Waals surface area contributed by atoms with Crippen molar-refractivity contribution in [2.75, 3.05) is 6.54 Å². The third-order valence-corrected chi connectivity index (χ3v) is 4.25. The van der Waals surface area contributed by atoms with E-state index in [2.05, 4.69) is 5.32 Å². The van der Waals surface area contributed by atoms with E-state index in [4.69, 9.17) is 0 Å². The molecule has 0 spiro atoms. The van der Waals surface area contributed by atoms with Crippen molar-refractivity contribution in [1.29, 1.82) is 0 Å². The molecule has 1 aromatic carbocycles. The van der Waals surface area contributed by atoms with Gasteiger partial charge in [-0.1, -0.05) is 13.8 Å². The maximum absolute atomic E-state index is 13.2. The van der Waals surface area contributed by atoms with Gasteiger partial charge in [-0.3, -0.25) is 4.79 Å². The highest BCUT2D eigenvalue weighted by Gasteiger charge is 2.31. The van der Waals surface area contributed by atoms with E-state index in [0.717, 1.165) is 18.9 Å². The summed E-state index contributed by atoms with van der Waals surface area (Å²) in [4.78, 5) is 11.2. The Morgan fingerprint density at radius 1 is 1.27 bits per heavy atom. The fraction of sp³-hybridized carbons (Fsp3) is 0.588. The molecule has 122 valence electrons. The molecular formula is C17H23F2NO2. The van der Waals surface area contributed by atoms with Crippen molar-refractivity contribution in [3.63, 3.8) is 0 Å². The average molecular weight is 311 g/mol. The lowest BCUT2D eigenvalue weighted by atomic mass is 9.75. The summed E-state index contributed by atoms with van der Waals surface area (Å²) in [5.74, 6) is -1.76. The molecule has 1 unspecified atom stereocenters. The Bertz CT molecular complexity index is 507. The van der Waals surface area contributed by atoms with E-state index in [-0.39, 0.29) is 17.9 Å². The van der Waals surface area contributed by atoms with Gasteiger partial charge in [-0.05, 0) is 48.8 Å². The minimum Gasteiger partial charge on any atom is -0.481 e. The van der Waals surface area contributed by atoms with Crippen LogP contribution in [0.15, 0.2) is 18.2 Å². The molecule has 22 heavy (non-hydrogen) atoms. The number of nitrogens with one attached hydrogen (secondary N) is 1. The van der Waals surface area contributed by atoms with E-state index in [1.165, 1.54) is 12.1 Å². The standard InChI is InChI=1S/C17H23F2NO2/c1-10(2)3-13(17(21)22)9-20-16-6-12(7-16)11-4-14(18)8-15(19)5-11/h4-5,8,10,12-13,16,20H,3,6-7,9H2,1-2H3,(H,21,22). The van der Waals surface area contributed by atoms with Gasteiger partial charge in [0.2, 0.25) is 0 Å². The van der Waals surface area contributed by atoms with E-state index in [1.54, 1.807) is 0 Å². The minimum atomic E-state index is -0.774. The number of benzene rings is 1. The molecule has 0 bridgehead atoms. The van der Waals surface area contributed by atoms with Crippen molar-refractivity contribution in [3.05, 3.63) is 35.4 Å². The zero-order valence-corrected chi connectivity index (χ0v) is 13.0. The normalized spacial score (nSPS) is 22.4. The Labute approximate surface area is 129 Å². The first-order chi connectivity index (χ1) is 10.3. The Kier molecular flexibility index (Phi) is 5.51. The molecule has 0 aromatic heterocycles. The Morgan fingerprint density at radius 3 is 2.36 bits per heavy atom. The van der Waals surface area contributed by atoms with Gasteiger partial charge in [-0.15, -0.1) is 0 Å². The van der Waals surface area contributed by atoms with Crippen LogP contribution in [0.3, 0.4) is 0 Å². The smallest absolute Gasteiger partial charge is 0.307 e. The molecule has 0 aliphatic heterocycles. The summed E-state index contributed by atoms with van der Waals surface area (Å²) in [6.07, 6.45) is 2.22. The number of halogens is 2. The van der Waals surface area contributed by atoms with Crippen molar-refractivity contribution in [3.8, 4) is 0 Å². The lowest BCUT2D eigenvalue weighted by Gasteiger charge is -2.37. The maximum atomic E-state index is 13.2. The first-order valence-electron chi connectivity index (χ1n) is 7.77. The molecule has 1 aromatic rings. The predicted molar refractivity (Wildman–Crippen MR) is 80.7 cm³/mol. The second-order valence-electron chi connectivity index (χ2n) is 6.64. The molecule has 0 radical (unpaired) electrons. The molecule has 0 amide bonds. The molecule has 1 saturated carbocycles. The van der Waals surface area contributed by atoms with Gasteiger partial charge in [0, 0.05) is 18.7 Å². The van der Waals surface area contributed by atoms with Crippen LogP contribution in [-0.4, -0.2) is 23.7 Å². The summed E-state index contributed by atoms with van der Waals surface area (Å²) >= 11 is 0. The lowest BCUT2D eigenvalue weighted by Crippen LogP contribution is -2.43. The van der Waals surface area contributed by atoms with Crippen LogP contribution in [0.4, 0.5) is 8.78 Å². The van der Waals surface area contributed by atoms with Gasteiger partial charge in [0.25, 0.3) is 0 Å². The van der Waals surface area contributed by atoms with Gasteiger partial charge in [-0.25, -0.2) is 8.78 Å². The van der Waals surface area contributed by atoms with Crippen LogP contribution in [0.2, 0.25) is 0 Å². The first kappa shape index (κ1) is 16.9. The second kappa shape index (κ2) is 7.18. The highest BCUT2D eigenvalue weighted by atomic mass is 19.1. The average Bonchev–Trinajstić information content (AvgIpc) is 2.33. The largest absolute Gasteiger partial charge is 0.481 e. The topological polar surface area (TPSA) is 49.3 Å². The van der Waals surface area contributed by atoms with Crippen LogP contribution in [0, 0.1) is 23.5 Å². The second-order valence-corrected chi connectivity index (χ2v) is 6.64. The molecule has 0 saturated heterocycles. The first-order valence-corrected chi connectivity index (χ1v) is 7.77. The summed E-state index contributed by atoms with van der Waals surface area (Å²) in [7, 11) is 0. The number of hydrogen-bond acceptors (Lipinski definition) is 2. The summed E-state index contributed by atoms with van der Waals surface area (Å²) in [5.41, 5.74) is 0.688. The number of carboxylic acid groups (broad SMARTS) is 1. The van der Waals surface area contributed by atoms with Crippen LogP contribution in [0.1, 0.15) is 44.6 Å². The number of carbonyl (C=O) groups is 1. The maximum Gasteiger partial charge on any atom is 0.307 e. The van der Waals surface area contributed by atoms with E-state index in [0.29, 0.717) is 24.4 Å². The predicted octanol–water partition coefficient (Wildman–Crippen LogP) is 3.55. The SMILES string of the molecule is CC(C)CC(CNC1CC(c2cc(F)cc(F)c2)C1)C(=O)O. The molecule has 1 aliphatic rings. The van der Waals surface area contributed by atoms with E-state index < -0.39 is 17.6 Å². The Morgan fingerprint density at radius 2 is 1.86 bits per heavy atom. The van der Waals surface area contributed by atoms with Crippen molar-refractivity contribution in [2.24, 2.45) is 11.8 Å². The number of aliphatic carboxylic acids is 1. The minimum absolute atomic E-state index is 0.149. The molecule has 0 heterocycles. The van der Waals surface area contributed by atoms with Crippen LogP contribution >= 0.6 is 0 Å². The monoisotopic (exact) mass is 311 g/mol. The zero-order valence-electron chi connectivity index (χ0n) is 13.0. The van der Waals surface area contributed by atoms with Crippen molar-refractivity contribution < 1.29 is 18.7 Å². The van der Waals surface area contributed by atoms with Crippen LogP contribution < -0.4 is 5.32 Å². The fourth-order valence-electron chi connectivity index (χ4n) is 3.02. The summed E-state index contributed by atoms with van der Waals surface area (Å²) in [5, 5.41) is 12.5. The molecule has 1 fully saturated rings. The number of carboxylic acids is 1. The third-order valence-electron chi connectivity index (χ3n) is 4.25. The van der Waals surface area contributed by atoms with Gasteiger partial charge >= 0.3 is 5.97 Å². The van der Waals surface area contributed by atoms with Crippen LogP contribution in [0.25, 0.3) is 0 Å². The quantitative estimate of drug-likeness (QED) is 0.809. The lowest BCUT2D eigenvalue weighted by molar-refractivity contribution is -0.142. The van der Waals surface area contributed by atoms with Gasteiger partial charge in [0.1, 0.15) is 11.6 Å². The van der Waals surface area contributed by atoms with Crippen molar-refractivity contribution >= 4 is 5.97 Å². The third kappa shape index (κ3) is 4.50. The highest BCUT2D eigenvalue weighted by molar-refractivity contribution is 5.70. The number of rotatable bonds is 7. The zero-order chi connectivity index (χ0) is 16.3. The molecule has 2 N–H and O–H groups in total. The van der Waals surface area contributed by atoms with Crippen LogP contribution in [-0.2, 0) is 4.79 Å². The highest BCUT2D eigenvalue weighted by Crippen LogP contribution is 2.37. The summed E-state index contributed by atoms with van der Waals surface area (Å²) in [6, 6.07) is 3.86. The molecule has 5 heteroatoms. The Balaban J connectivity index is 1.80. The van der Waals surface area contributed by atoms with Gasteiger partial charge in [-0.2, -0.15) is 0 Å². The van der Waals surface area contributed by atoms with Crippen molar-refractivity contribution in [1.82, 2.24) is 5.32 Å². The van der Waals surface area contributed by atoms with Gasteiger partial charge in [0.05, 0.1) is 5.92 Å².